The number of hydrogen-bond donors (Lipinski definition) is 1. The molecule has 0 spiro atoms. The molecule has 0 aromatic rings. The number of rotatable bonds is 4. The van der Waals surface area contributed by atoms with Crippen molar-refractivity contribution in [2.24, 2.45) is 17.3 Å². The maximum absolute atomic E-state index is 11.8. The van der Waals surface area contributed by atoms with Gasteiger partial charge < -0.3 is 9.84 Å². The minimum Gasteiger partial charge on any atom is -0.481 e. The van der Waals surface area contributed by atoms with Gasteiger partial charge in [0, 0.05) is 6.61 Å². The predicted octanol–water partition coefficient (Wildman–Crippen LogP) is 2.84. The number of ether oxygens (including phenoxy) is 1. The molecule has 3 fully saturated rings. The van der Waals surface area contributed by atoms with Gasteiger partial charge in [-0.25, -0.2) is 0 Å². The van der Waals surface area contributed by atoms with Crippen LogP contribution in [-0.4, -0.2) is 23.8 Å². The number of aliphatic carboxylic acids is 1. The van der Waals surface area contributed by atoms with Crippen LogP contribution in [0.15, 0.2) is 0 Å². The highest BCUT2D eigenvalue weighted by Gasteiger charge is 2.56. The first-order valence-corrected chi connectivity index (χ1v) is 7.07. The Labute approximate surface area is 103 Å². The van der Waals surface area contributed by atoms with Gasteiger partial charge in [0.1, 0.15) is 0 Å². The van der Waals surface area contributed by atoms with Crippen LogP contribution in [0.5, 0.6) is 0 Å². The molecule has 96 valence electrons. The largest absolute Gasteiger partial charge is 0.481 e. The van der Waals surface area contributed by atoms with Crippen molar-refractivity contribution in [1.82, 2.24) is 0 Å². The molecule has 2 unspecified atom stereocenters. The average molecular weight is 238 g/mol. The van der Waals surface area contributed by atoms with Gasteiger partial charge in [0.15, 0.2) is 0 Å². The molecule has 0 amide bonds. The van der Waals surface area contributed by atoms with Crippen molar-refractivity contribution in [2.45, 2.75) is 57.5 Å². The summed E-state index contributed by atoms with van der Waals surface area (Å²) in [5, 5.41) is 9.69. The molecule has 0 aromatic carbocycles. The predicted molar refractivity (Wildman–Crippen MR) is 63.7 cm³/mol. The van der Waals surface area contributed by atoms with E-state index in [1.54, 1.807) is 0 Å². The Bertz CT molecular complexity index is 305. The number of carboxylic acid groups (broad SMARTS) is 1. The van der Waals surface area contributed by atoms with Crippen LogP contribution in [-0.2, 0) is 9.53 Å². The first-order valence-electron chi connectivity index (χ1n) is 7.07. The third-order valence-electron chi connectivity index (χ3n) is 4.99. The van der Waals surface area contributed by atoms with E-state index >= 15 is 0 Å². The van der Waals surface area contributed by atoms with Gasteiger partial charge in [-0.1, -0.05) is 25.7 Å². The molecule has 0 bridgehead atoms. The lowest BCUT2D eigenvalue weighted by molar-refractivity contribution is -0.154. The average Bonchev–Trinajstić information content (AvgIpc) is 2.86. The van der Waals surface area contributed by atoms with Crippen LogP contribution in [0, 0.1) is 17.3 Å². The third-order valence-corrected chi connectivity index (χ3v) is 4.99. The summed E-state index contributed by atoms with van der Waals surface area (Å²) in [5.41, 5.74) is -0.545. The summed E-state index contributed by atoms with van der Waals surface area (Å²) in [6.07, 6.45) is 8.99. The van der Waals surface area contributed by atoms with Crippen molar-refractivity contribution >= 4 is 5.97 Å². The van der Waals surface area contributed by atoms with E-state index in [1.165, 1.54) is 38.5 Å². The van der Waals surface area contributed by atoms with E-state index < -0.39 is 11.4 Å². The third kappa shape index (κ3) is 1.99. The zero-order valence-electron chi connectivity index (χ0n) is 10.4. The summed E-state index contributed by atoms with van der Waals surface area (Å²) < 4.78 is 5.78. The normalized spacial score (nSPS) is 38.7. The minimum absolute atomic E-state index is 0.0144. The molecular weight excluding hydrogens is 216 g/mol. The van der Waals surface area contributed by atoms with E-state index in [2.05, 4.69) is 0 Å². The van der Waals surface area contributed by atoms with Crippen molar-refractivity contribution < 1.29 is 14.6 Å². The second kappa shape index (κ2) is 4.27. The van der Waals surface area contributed by atoms with Crippen LogP contribution in [0.25, 0.3) is 0 Å². The second-order valence-corrected chi connectivity index (χ2v) is 6.19. The van der Waals surface area contributed by atoms with Crippen molar-refractivity contribution in [3.8, 4) is 0 Å². The van der Waals surface area contributed by atoms with Gasteiger partial charge in [0.05, 0.1) is 11.5 Å². The second-order valence-electron chi connectivity index (χ2n) is 6.19. The van der Waals surface area contributed by atoms with Crippen LogP contribution in [0.1, 0.15) is 51.4 Å². The molecule has 0 radical (unpaired) electrons. The highest BCUT2D eigenvalue weighted by Crippen LogP contribution is 2.52. The maximum atomic E-state index is 11.8. The van der Waals surface area contributed by atoms with E-state index in [4.69, 9.17) is 4.74 Å². The van der Waals surface area contributed by atoms with Crippen molar-refractivity contribution in [2.75, 3.05) is 6.61 Å². The highest BCUT2D eigenvalue weighted by molar-refractivity contribution is 5.76. The quantitative estimate of drug-likeness (QED) is 0.819. The number of carbonyl (C=O) groups is 1. The summed E-state index contributed by atoms with van der Waals surface area (Å²) in [7, 11) is 0. The molecule has 1 heterocycles. The molecule has 3 rings (SSSR count). The Balaban J connectivity index is 1.78. The molecule has 3 heteroatoms. The molecule has 0 aromatic heterocycles. The zero-order valence-corrected chi connectivity index (χ0v) is 10.4. The highest BCUT2D eigenvalue weighted by atomic mass is 16.5. The summed E-state index contributed by atoms with van der Waals surface area (Å²) in [6.45, 7) is 0.653. The SMILES string of the molecule is O=C(O)C1(CC2CCCC2)CCOC1C1CC1. The maximum Gasteiger partial charge on any atom is 0.312 e. The lowest BCUT2D eigenvalue weighted by Crippen LogP contribution is -2.41. The number of carboxylic acids is 1. The Morgan fingerprint density at radius 3 is 2.53 bits per heavy atom. The topological polar surface area (TPSA) is 46.5 Å². The van der Waals surface area contributed by atoms with Gasteiger partial charge >= 0.3 is 5.97 Å². The van der Waals surface area contributed by atoms with Crippen LogP contribution in [0.2, 0.25) is 0 Å². The van der Waals surface area contributed by atoms with E-state index in [0.717, 1.165) is 12.8 Å². The van der Waals surface area contributed by atoms with Gasteiger partial charge in [-0.05, 0) is 37.5 Å². The fourth-order valence-electron chi connectivity index (χ4n) is 3.92. The smallest absolute Gasteiger partial charge is 0.312 e. The molecule has 17 heavy (non-hydrogen) atoms. The molecule has 1 saturated heterocycles. The van der Waals surface area contributed by atoms with E-state index in [1.807, 2.05) is 0 Å². The molecular formula is C14H22O3. The van der Waals surface area contributed by atoms with Gasteiger partial charge in [-0.3, -0.25) is 4.79 Å². The molecule has 3 nitrogen and oxygen atoms in total. The van der Waals surface area contributed by atoms with Crippen molar-refractivity contribution in [3.63, 3.8) is 0 Å². The van der Waals surface area contributed by atoms with Crippen molar-refractivity contribution in [1.29, 1.82) is 0 Å². The molecule has 1 N–H and O–H groups in total. The molecule has 1 aliphatic heterocycles. The summed E-state index contributed by atoms with van der Waals surface area (Å²) in [5.74, 6) is 0.572. The first kappa shape index (κ1) is 11.5. The van der Waals surface area contributed by atoms with Gasteiger partial charge in [-0.15, -0.1) is 0 Å². The molecule has 2 saturated carbocycles. The Hall–Kier alpha value is -0.570. The summed E-state index contributed by atoms with van der Waals surface area (Å²) in [6, 6.07) is 0. The van der Waals surface area contributed by atoms with Crippen LogP contribution < -0.4 is 0 Å². The molecule has 2 aliphatic carbocycles. The summed E-state index contributed by atoms with van der Waals surface area (Å²) >= 11 is 0. The summed E-state index contributed by atoms with van der Waals surface area (Å²) in [4.78, 5) is 11.8. The molecule has 2 atom stereocenters. The van der Waals surface area contributed by atoms with Crippen LogP contribution in [0.3, 0.4) is 0 Å². The standard InChI is InChI=1S/C14H22O3/c15-13(16)14(9-10-3-1-2-4-10)7-8-17-12(14)11-5-6-11/h10-12H,1-9H2,(H,15,16). The Kier molecular flexibility index (Phi) is 2.89. The minimum atomic E-state index is -0.598. The Morgan fingerprint density at radius 1 is 1.24 bits per heavy atom. The first-order chi connectivity index (χ1) is 8.22. The van der Waals surface area contributed by atoms with E-state index in [0.29, 0.717) is 18.4 Å². The number of hydrogen-bond acceptors (Lipinski definition) is 2. The Morgan fingerprint density at radius 2 is 1.94 bits per heavy atom. The van der Waals surface area contributed by atoms with Gasteiger partial charge in [-0.2, -0.15) is 0 Å². The fraction of sp³-hybridized carbons (Fsp3) is 0.929. The zero-order chi connectivity index (χ0) is 11.9. The fourth-order valence-corrected chi connectivity index (χ4v) is 3.92. The lowest BCUT2D eigenvalue weighted by Gasteiger charge is -2.32. The molecule has 3 aliphatic rings. The van der Waals surface area contributed by atoms with Crippen molar-refractivity contribution in [3.05, 3.63) is 0 Å². The lowest BCUT2D eigenvalue weighted by atomic mass is 9.72. The van der Waals surface area contributed by atoms with E-state index in [9.17, 15) is 9.90 Å². The monoisotopic (exact) mass is 238 g/mol. The van der Waals surface area contributed by atoms with Crippen LogP contribution in [0.4, 0.5) is 0 Å². The van der Waals surface area contributed by atoms with Crippen LogP contribution >= 0.6 is 0 Å². The van der Waals surface area contributed by atoms with E-state index in [-0.39, 0.29) is 6.10 Å². The van der Waals surface area contributed by atoms with Gasteiger partial charge in [0.25, 0.3) is 0 Å². The van der Waals surface area contributed by atoms with Gasteiger partial charge in [0.2, 0.25) is 0 Å².